The van der Waals surface area contributed by atoms with Crippen LogP contribution < -0.4 is 4.74 Å². The fourth-order valence-electron chi connectivity index (χ4n) is 1.61. The minimum atomic E-state index is -4.00. The second-order valence-electron chi connectivity index (χ2n) is 4.10. The molecule has 2 rings (SSSR count). The van der Waals surface area contributed by atoms with Crippen LogP contribution in [0.3, 0.4) is 0 Å². The standard InChI is InChI=1S/C13H8BrClF2O3S/c14-9-3-8(4-10(16)5-9)7-20-13-2-1-11(6-12(13)17)21(15,18)19/h1-6H,7H2. The van der Waals surface area contributed by atoms with Gasteiger partial charge in [0.05, 0.1) is 4.90 Å². The molecule has 0 bridgehead atoms. The summed E-state index contributed by atoms with van der Waals surface area (Å²) >= 11 is 3.13. The van der Waals surface area contributed by atoms with Crippen LogP contribution in [0.15, 0.2) is 45.8 Å². The molecule has 0 spiro atoms. The molecule has 0 saturated heterocycles. The van der Waals surface area contributed by atoms with Gasteiger partial charge >= 0.3 is 0 Å². The summed E-state index contributed by atoms with van der Waals surface area (Å²) in [5.74, 6) is -1.47. The molecule has 0 unspecified atom stereocenters. The van der Waals surface area contributed by atoms with Gasteiger partial charge in [-0.15, -0.1) is 0 Å². The molecule has 0 aliphatic carbocycles. The highest BCUT2D eigenvalue weighted by Crippen LogP contribution is 2.24. The van der Waals surface area contributed by atoms with Gasteiger partial charge in [0.1, 0.15) is 12.4 Å². The summed E-state index contributed by atoms with van der Waals surface area (Å²) < 4.78 is 54.7. The second-order valence-corrected chi connectivity index (χ2v) is 7.58. The van der Waals surface area contributed by atoms with Gasteiger partial charge in [0.2, 0.25) is 0 Å². The zero-order valence-corrected chi connectivity index (χ0v) is 13.5. The fourth-order valence-corrected chi connectivity index (χ4v) is 2.88. The van der Waals surface area contributed by atoms with Crippen molar-refractivity contribution < 1.29 is 21.9 Å². The van der Waals surface area contributed by atoms with E-state index >= 15 is 0 Å². The molecule has 0 atom stereocenters. The topological polar surface area (TPSA) is 43.4 Å². The van der Waals surface area contributed by atoms with E-state index < -0.39 is 20.7 Å². The molecular formula is C13H8BrClF2O3S. The Labute approximate surface area is 133 Å². The average Bonchev–Trinajstić information content (AvgIpc) is 2.35. The molecule has 8 heteroatoms. The smallest absolute Gasteiger partial charge is 0.261 e. The lowest BCUT2D eigenvalue weighted by Gasteiger charge is -2.08. The van der Waals surface area contributed by atoms with Crippen LogP contribution in [0, 0.1) is 11.6 Å². The molecule has 0 heterocycles. The first-order valence-corrected chi connectivity index (χ1v) is 8.68. The number of rotatable bonds is 4. The van der Waals surface area contributed by atoms with Crippen LogP contribution in [0.25, 0.3) is 0 Å². The van der Waals surface area contributed by atoms with E-state index in [1.165, 1.54) is 12.1 Å². The monoisotopic (exact) mass is 396 g/mol. The van der Waals surface area contributed by atoms with E-state index in [2.05, 4.69) is 15.9 Å². The molecule has 0 aromatic heterocycles. The van der Waals surface area contributed by atoms with Crippen molar-refractivity contribution in [2.45, 2.75) is 11.5 Å². The minimum absolute atomic E-state index is 0.0692. The Bertz CT molecular complexity index is 761. The molecule has 2 aromatic carbocycles. The fraction of sp³-hybridized carbons (Fsp3) is 0.0769. The van der Waals surface area contributed by atoms with E-state index in [0.29, 0.717) is 10.0 Å². The predicted octanol–water partition coefficient (Wildman–Crippen LogP) is 4.23. The van der Waals surface area contributed by atoms with Crippen molar-refractivity contribution in [1.82, 2.24) is 0 Å². The summed E-state index contributed by atoms with van der Waals surface area (Å²) in [5.41, 5.74) is 0.496. The summed E-state index contributed by atoms with van der Waals surface area (Å²) in [6, 6.07) is 7.20. The second kappa shape index (κ2) is 6.29. The van der Waals surface area contributed by atoms with E-state index in [4.69, 9.17) is 15.4 Å². The van der Waals surface area contributed by atoms with Crippen LogP contribution in [0.5, 0.6) is 5.75 Å². The van der Waals surface area contributed by atoms with Gasteiger partial charge in [0.25, 0.3) is 9.05 Å². The maximum atomic E-state index is 13.7. The van der Waals surface area contributed by atoms with Crippen LogP contribution >= 0.6 is 26.6 Å². The summed E-state index contributed by atoms with van der Waals surface area (Å²) in [5, 5.41) is 0. The van der Waals surface area contributed by atoms with Gasteiger partial charge < -0.3 is 4.74 Å². The molecule has 3 nitrogen and oxygen atoms in total. The van der Waals surface area contributed by atoms with Crippen LogP contribution in [-0.4, -0.2) is 8.42 Å². The first-order chi connectivity index (χ1) is 9.75. The molecule has 0 aliphatic heterocycles. The number of benzene rings is 2. The normalized spacial score (nSPS) is 11.4. The molecule has 0 radical (unpaired) electrons. The van der Waals surface area contributed by atoms with Crippen molar-refractivity contribution in [1.29, 1.82) is 0 Å². The van der Waals surface area contributed by atoms with Gasteiger partial charge in [-0.2, -0.15) is 0 Å². The van der Waals surface area contributed by atoms with Gasteiger partial charge in [0.15, 0.2) is 11.6 Å². The number of hydrogen-bond acceptors (Lipinski definition) is 3. The summed E-state index contributed by atoms with van der Waals surface area (Å²) in [6.45, 7) is -0.0692. The third-order valence-corrected chi connectivity index (χ3v) is 4.31. The number of halogens is 4. The summed E-state index contributed by atoms with van der Waals surface area (Å²) in [7, 11) is 1.11. The van der Waals surface area contributed by atoms with Gasteiger partial charge in [-0.1, -0.05) is 15.9 Å². The first kappa shape index (κ1) is 16.2. The SMILES string of the molecule is O=S(=O)(Cl)c1ccc(OCc2cc(F)cc(Br)c2)c(F)c1. The Morgan fingerprint density at radius 2 is 1.86 bits per heavy atom. The van der Waals surface area contributed by atoms with Crippen LogP contribution in [0.2, 0.25) is 0 Å². The highest BCUT2D eigenvalue weighted by molar-refractivity contribution is 9.10. The van der Waals surface area contributed by atoms with Crippen molar-refractivity contribution in [3.05, 3.63) is 58.1 Å². The van der Waals surface area contributed by atoms with Gasteiger partial charge in [-0.25, -0.2) is 17.2 Å². The molecule has 112 valence electrons. The van der Waals surface area contributed by atoms with E-state index in [1.807, 2.05) is 0 Å². The zero-order valence-electron chi connectivity index (χ0n) is 10.3. The molecule has 0 N–H and O–H groups in total. The van der Waals surface area contributed by atoms with Crippen LogP contribution in [0.4, 0.5) is 8.78 Å². The lowest BCUT2D eigenvalue weighted by Crippen LogP contribution is -1.99. The maximum Gasteiger partial charge on any atom is 0.261 e. The number of ether oxygens (including phenoxy) is 1. The van der Waals surface area contributed by atoms with Gasteiger partial charge in [-0.3, -0.25) is 0 Å². The van der Waals surface area contributed by atoms with E-state index in [-0.39, 0.29) is 17.3 Å². The van der Waals surface area contributed by atoms with Gasteiger partial charge in [0, 0.05) is 15.2 Å². The molecule has 0 fully saturated rings. The van der Waals surface area contributed by atoms with Crippen LogP contribution in [-0.2, 0) is 15.7 Å². The van der Waals surface area contributed by atoms with Crippen molar-refractivity contribution in [2.75, 3.05) is 0 Å². The summed E-state index contributed by atoms with van der Waals surface area (Å²) in [4.78, 5) is -0.359. The van der Waals surface area contributed by atoms with E-state index in [1.54, 1.807) is 6.07 Å². The quantitative estimate of drug-likeness (QED) is 0.725. The lowest BCUT2D eigenvalue weighted by molar-refractivity contribution is 0.289. The maximum absolute atomic E-state index is 13.7. The lowest BCUT2D eigenvalue weighted by atomic mass is 10.2. The molecule has 0 amide bonds. The minimum Gasteiger partial charge on any atom is -0.486 e. The van der Waals surface area contributed by atoms with Gasteiger partial charge in [-0.05, 0) is 42.0 Å². The van der Waals surface area contributed by atoms with Crippen molar-refractivity contribution in [3.63, 3.8) is 0 Å². The third-order valence-electron chi connectivity index (χ3n) is 2.50. The first-order valence-electron chi connectivity index (χ1n) is 5.58. The Morgan fingerprint density at radius 3 is 2.43 bits per heavy atom. The van der Waals surface area contributed by atoms with Crippen LogP contribution in [0.1, 0.15) is 5.56 Å². The molecule has 2 aromatic rings. The van der Waals surface area contributed by atoms with E-state index in [9.17, 15) is 17.2 Å². The third kappa shape index (κ3) is 4.39. The van der Waals surface area contributed by atoms with E-state index in [0.717, 1.165) is 18.2 Å². The molecule has 0 aliphatic rings. The predicted molar refractivity (Wildman–Crippen MR) is 77.9 cm³/mol. The Kier molecular flexibility index (Phi) is 4.85. The Balaban J connectivity index is 2.17. The molecule has 21 heavy (non-hydrogen) atoms. The summed E-state index contributed by atoms with van der Waals surface area (Å²) in [6.07, 6.45) is 0. The van der Waals surface area contributed by atoms with Crippen molar-refractivity contribution in [2.24, 2.45) is 0 Å². The number of hydrogen-bond donors (Lipinski definition) is 0. The highest BCUT2D eigenvalue weighted by Gasteiger charge is 2.14. The molecular weight excluding hydrogens is 390 g/mol. The largest absolute Gasteiger partial charge is 0.486 e. The van der Waals surface area contributed by atoms with Crippen molar-refractivity contribution in [3.8, 4) is 5.75 Å². The Morgan fingerprint density at radius 1 is 1.14 bits per heavy atom. The average molecular weight is 398 g/mol. The van der Waals surface area contributed by atoms with Crippen molar-refractivity contribution >= 4 is 35.7 Å². The highest BCUT2D eigenvalue weighted by atomic mass is 79.9. The zero-order chi connectivity index (χ0) is 15.6. The molecule has 0 saturated carbocycles. The Hall–Kier alpha value is -1.18.